The van der Waals surface area contributed by atoms with Gasteiger partial charge < -0.3 is 19.9 Å². The van der Waals surface area contributed by atoms with Crippen LogP contribution in [-0.2, 0) is 20.1 Å². The van der Waals surface area contributed by atoms with E-state index in [1.807, 2.05) is 35.9 Å². The number of rotatable bonds is 5. The third kappa shape index (κ3) is 5.17. The lowest BCUT2D eigenvalue weighted by atomic mass is 10.2. The minimum atomic E-state index is 0. The first-order chi connectivity index (χ1) is 10.2. The summed E-state index contributed by atoms with van der Waals surface area (Å²) in [6.07, 6.45) is 1.67. The van der Waals surface area contributed by atoms with Crippen LogP contribution in [0.25, 0.3) is 0 Å². The van der Waals surface area contributed by atoms with Gasteiger partial charge in [-0.25, -0.2) is 0 Å². The van der Waals surface area contributed by atoms with Gasteiger partial charge in [-0.3, -0.25) is 4.99 Å². The molecule has 0 spiro atoms. The summed E-state index contributed by atoms with van der Waals surface area (Å²) < 4.78 is 7.00. The average Bonchev–Trinajstić information content (AvgIpc) is 2.93. The molecule has 0 radical (unpaired) electrons. The largest absolute Gasteiger partial charge is 0.497 e. The minimum Gasteiger partial charge on any atom is -0.497 e. The second-order valence-corrected chi connectivity index (χ2v) is 4.49. The van der Waals surface area contributed by atoms with Gasteiger partial charge in [0.2, 0.25) is 0 Å². The minimum absolute atomic E-state index is 0. The fourth-order valence-electron chi connectivity index (χ4n) is 1.78. The number of guanidine groups is 1. The van der Waals surface area contributed by atoms with Gasteiger partial charge >= 0.3 is 0 Å². The van der Waals surface area contributed by atoms with Gasteiger partial charge in [-0.05, 0) is 17.7 Å². The molecule has 1 aromatic heterocycles. The summed E-state index contributed by atoms with van der Waals surface area (Å²) in [5.74, 6) is 2.42. The molecule has 2 aromatic rings. The molecular weight excluding hydrogens is 395 g/mol. The number of hydrogen-bond donors (Lipinski definition) is 2. The highest BCUT2D eigenvalue weighted by Crippen LogP contribution is 2.10. The Balaban J connectivity index is 0.00000242. The van der Waals surface area contributed by atoms with E-state index in [-0.39, 0.29) is 24.0 Å². The lowest BCUT2D eigenvalue weighted by molar-refractivity contribution is 0.414. The van der Waals surface area contributed by atoms with Crippen molar-refractivity contribution < 1.29 is 4.74 Å². The van der Waals surface area contributed by atoms with Crippen LogP contribution in [0.4, 0.5) is 0 Å². The van der Waals surface area contributed by atoms with Crippen LogP contribution in [0, 0.1) is 0 Å². The molecule has 2 rings (SSSR count). The van der Waals surface area contributed by atoms with Gasteiger partial charge in [0.15, 0.2) is 11.8 Å². The first kappa shape index (κ1) is 18.2. The number of nitrogens with zero attached hydrogens (tertiary/aromatic N) is 4. The van der Waals surface area contributed by atoms with Gasteiger partial charge in [0.25, 0.3) is 0 Å². The topological polar surface area (TPSA) is 76.4 Å². The molecule has 8 heteroatoms. The molecule has 0 aliphatic rings. The van der Waals surface area contributed by atoms with E-state index in [1.54, 1.807) is 20.5 Å². The molecule has 0 aliphatic heterocycles. The maximum absolute atomic E-state index is 5.14. The molecule has 1 aromatic carbocycles. The van der Waals surface area contributed by atoms with Crippen molar-refractivity contribution >= 4 is 29.9 Å². The van der Waals surface area contributed by atoms with E-state index >= 15 is 0 Å². The van der Waals surface area contributed by atoms with Gasteiger partial charge in [-0.2, -0.15) is 0 Å². The third-order valence-electron chi connectivity index (χ3n) is 3.06. The summed E-state index contributed by atoms with van der Waals surface area (Å²) in [5.41, 5.74) is 1.15. The number of hydrogen-bond acceptors (Lipinski definition) is 4. The van der Waals surface area contributed by atoms with Gasteiger partial charge in [0.05, 0.1) is 13.7 Å². The molecule has 7 nitrogen and oxygen atoms in total. The standard InChI is InChI=1S/C14H20N6O.HI/c1-15-14(17-9-13-19-18-10-20(13)2)16-8-11-4-6-12(21-3)7-5-11;/h4-7,10H,8-9H2,1-3H3,(H2,15,16,17);1H. The Bertz CT molecular complexity index is 596. The van der Waals surface area contributed by atoms with Crippen LogP contribution >= 0.6 is 24.0 Å². The van der Waals surface area contributed by atoms with Crippen molar-refractivity contribution in [2.75, 3.05) is 14.2 Å². The van der Waals surface area contributed by atoms with Crippen molar-refractivity contribution in [3.63, 3.8) is 0 Å². The quantitative estimate of drug-likeness (QED) is 0.437. The monoisotopic (exact) mass is 416 g/mol. The Labute approximate surface area is 147 Å². The maximum Gasteiger partial charge on any atom is 0.191 e. The van der Waals surface area contributed by atoms with E-state index in [4.69, 9.17) is 4.74 Å². The van der Waals surface area contributed by atoms with Crippen molar-refractivity contribution in [3.8, 4) is 5.75 Å². The summed E-state index contributed by atoms with van der Waals surface area (Å²) >= 11 is 0. The molecule has 120 valence electrons. The van der Waals surface area contributed by atoms with E-state index in [9.17, 15) is 0 Å². The Hall–Kier alpha value is -1.84. The first-order valence-corrected chi connectivity index (χ1v) is 6.63. The number of aromatic nitrogens is 3. The SMILES string of the molecule is CN=C(NCc1ccc(OC)cc1)NCc1nncn1C.I. The maximum atomic E-state index is 5.14. The molecule has 2 N–H and O–H groups in total. The van der Waals surface area contributed by atoms with E-state index in [0.29, 0.717) is 19.0 Å². The van der Waals surface area contributed by atoms with Crippen LogP contribution in [0.2, 0.25) is 0 Å². The van der Waals surface area contributed by atoms with E-state index in [2.05, 4.69) is 25.8 Å². The van der Waals surface area contributed by atoms with Gasteiger partial charge in [-0.1, -0.05) is 12.1 Å². The number of halogens is 1. The predicted octanol–water partition coefficient (Wildman–Crippen LogP) is 1.31. The Kier molecular flexibility index (Phi) is 7.64. The fourth-order valence-corrected chi connectivity index (χ4v) is 1.78. The molecule has 0 bridgehead atoms. The summed E-state index contributed by atoms with van der Waals surface area (Å²) in [7, 11) is 5.30. The second kappa shape index (κ2) is 9.23. The van der Waals surface area contributed by atoms with Crippen molar-refractivity contribution in [2.45, 2.75) is 13.1 Å². The molecule has 0 saturated heterocycles. The zero-order valence-corrected chi connectivity index (χ0v) is 15.2. The first-order valence-electron chi connectivity index (χ1n) is 6.63. The van der Waals surface area contributed by atoms with Crippen molar-refractivity contribution in [2.24, 2.45) is 12.0 Å². The lowest BCUT2D eigenvalue weighted by Crippen LogP contribution is -2.36. The Morgan fingerprint density at radius 2 is 1.91 bits per heavy atom. The van der Waals surface area contributed by atoms with E-state index in [0.717, 1.165) is 17.1 Å². The summed E-state index contributed by atoms with van der Waals surface area (Å²) in [4.78, 5) is 4.18. The summed E-state index contributed by atoms with van der Waals surface area (Å²) in [6, 6.07) is 7.91. The highest BCUT2D eigenvalue weighted by atomic mass is 127. The van der Waals surface area contributed by atoms with Crippen LogP contribution in [0.15, 0.2) is 35.6 Å². The van der Waals surface area contributed by atoms with Crippen LogP contribution in [-0.4, -0.2) is 34.9 Å². The van der Waals surface area contributed by atoms with Crippen LogP contribution < -0.4 is 15.4 Å². The van der Waals surface area contributed by atoms with Gasteiger partial charge in [0.1, 0.15) is 12.1 Å². The number of nitrogens with one attached hydrogen (secondary N) is 2. The van der Waals surface area contributed by atoms with Crippen molar-refractivity contribution in [1.29, 1.82) is 0 Å². The highest BCUT2D eigenvalue weighted by molar-refractivity contribution is 14.0. The van der Waals surface area contributed by atoms with Crippen molar-refractivity contribution in [1.82, 2.24) is 25.4 Å². The normalized spacial score (nSPS) is 10.8. The zero-order valence-electron chi connectivity index (χ0n) is 12.9. The number of aliphatic imine (C=N–C) groups is 1. The molecule has 0 aliphatic carbocycles. The molecular formula is C14H21IN6O. The van der Waals surface area contributed by atoms with Crippen molar-refractivity contribution in [3.05, 3.63) is 42.0 Å². The third-order valence-corrected chi connectivity index (χ3v) is 3.06. The van der Waals surface area contributed by atoms with E-state index < -0.39 is 0 Å². The highest BCUT2D eigenvalue weighted by Gasteiger charge is 2.03. The van der Waals surface area contributed by atoms with Crippen LogP contribution in [0.1, 0.15) is 11.4 Å². The Morgan fingerprint density at radius 1 is 1.23 bits per heavy atom. The molecule has 1 heterocycles. The second-order valence-electron chi connectivity index (χ2n) is 4.49. The molecule has 0 unspecified atom stereocenters. The van der Waals surface area contributed by atoms with E-state index in [1.165, 1.54) is 0 Å². The molecule has 22 heavy (non-hydrogen) atoms. The fraction of sp³-hybridized carbons (Fsp3) is 0.357. The number of benzene rings is 1. The molecule has 0 saturated carbocycles. The number of methoxy groups -OCH3 is 1. The number of aryl methyl sites for hydroxylation is 1. The smallest absolute Gasteiger partial charge is 0.191 e. The summed E-state index contributed by atoms with van der Waals surface area (Å²) in [6.45, 7) is 1.25. The van der Waals surface area contributed by atoms with Gasteiger partial charge in [0, 0.05) is 20.6 Å². The van der Waals surface area contributed by atoms with Gasteiger partial charge in [-0.15, -0.1) is 34.2 Å². The van der Waals surface area contributed by atoms with Crippen LogP contribution in [0.5, 0.6) is 5.75 Å². The van der Waals surface area contributed by atoms with Crippen LogP contribution in [0.3, 0.4) is 0 Å². The summed E-state index contributed by atoms with van der Waals surface area (Å²) in [5, 5.41) is 14.3. The predicted molar refractivity (Wildman–Crippen MR) is 96.5 cm³/mol. The molecule has 0 amide bonds. The number of ether oxygens (including phenoxy) is 1. The zero-order chi connectivity index (χ0) is 15.1. The molecule has 0 fully saturated rings. The lowest BCUT2D eigenvalue weighted by Gasteiger charge is -2.11. The Morgan fingerprint density at radius 3 is 2.45 bits per heavy atom. The average molecular weight is 416 g/mol. The molecule has 0 atom stereocenters.